The summed E-state index contributed by atoms with van der Waals surface area (Å²) in [6.45, 7) is 3.09. The number of aromatic nitrogens is 1. The molecule has 3 N–H and O–H groups in total. The van der Waals surface area contributed by atoms with Crippen LogP contribution in [-0.2, 0) is 14.4 Å². The van der Waals surface area contributed by atoms with Crippen LogP contribution in [-0.4, -0.2) is 33.8 Å². The van der Waals surface area contributed by atoms with E-state index in [4.69, 9.17) is 9.63 Å². The SMILES string of the molecule is C/C(=C/C(=O)Nc1ccc(SCCC(=O)Nc2cc(C)on2)cc1)C(=O)O. The maximum absolute atomic E-state index is 11.8. The third-order valence-corrected chi connectivity index (χ3v) is 4.31. The zero-order chi connectivity index (χ0) is 19.8. The Morgan fingerprint density at radius 1 is 1.22 bits per heavy atom. The summed E-state index contributed by atoms with van der Waals surface area (Å²) < 4.78 is 4.88. The van der Waals surface area contributed by atoms with E-state index in [1.807, 2.05) is 12.1 Å². The van der Waals surface area contributed by atoms with Crippen LogP contribution in [0.25, 0.3) is 0 Å². The van der Waals surface area contributed by atoms with Gasteiger partial charge in [0.25, 0.3) is 0 Å². The third-order valence-electron chi connectivity index (χ3n) is 3.30. The highest BCUT2D eigenvalue weighted by Gasteiger charge is 2.07. The summed E-state index contributed by atoms with van der Waals surface area (Å²) in [5.41, 5.74) is 0.511. The number of benzene rings is 1. The first-order chi connectivity index (χ1) is 12.8. The van der Waals surface area contributed by atoms with Crippen molar-refractivity contribution in [3.63, 3.8) is 0 Å². The molecule has 0 fully saturated rings. The molecule has 2 aromatic rings. The minimum absolute atomic E-state index is 0.0428. The van der Waals surface area contributed by atoms with Gasteiger partial charge >= 0.3 is 5.97 Å². The molecule has 0 radical (unpaired) electrons. The molecule has 0 atom stereocenters. The van der Waals surface area contributed by atoms with Gasteiger partial charge in [-0.3, -0.25) is 9.59 Å². The fourth-order valence-electron chi connectivity index (χ4n) is 1.96. The molecule has 0 bridgehead atoms. The van der Waals surface area contributed by atoms with Crippen LogP contribution in [0.15, 0.2) is 51.4 Å². The molecule has 0 aliphatic rings. The Morgan fingerprint density at radius 3 is 2.52 bits per heavy atom. The molecule has 0 aliphatic carbocycles. The van der Waals surface area contributed by atoms with E-state index in [-0.39, 0.29) is 11.5 Å². The van der Waals surface area contributed by atoms with Gasteiger partial charge in [0.2, 0.25) is 11.8 Å². The van der Waals surface area contributed by atoms with E-state index in [1.165, 1.54) is 18.7 Å². The number of carbonyl (C=O) groups excluding carboxylic acids is 2. The van der Waals surface area contributed by atoms with Crippen molar-refractivity contribution in [1.82, 2.24) is 5.16 Å². The number of carbonyl (C=O) groups is 3. The van der Waals surface area contributed by atoms with Gasteiger partial charge in [-0.2, -0.15) is 0 Å². The number of aryl methyl sites for hydroxylation is 1. The summed E-state index contributed by atoms with van der Waals surface area (Å²) in [7, 11) is 0. The van der Waals surface area contributed by atoms with Crippen molar-refractivity contribution in [3.05, 3.63) is 47.7 Å². The maximum Gasteiger partial charge on any atom is 0.331 e. The number of nitrogens with one attached hydrogen (secondary N) is 2. The molecule has 2 rings (SSSR count). The van der Waals surface area contributed by atoms with E-state index in [0.717, 1.165) is 11.0 Å². The average molecular weight is 389 g/mol. The van der Waals surface area contributed by atoms with Crippen LogP contribution in [0.2, 0.25) is 0 Å². The van der Waals surface area contributed by atoms with Crippen molar-refractivity contribution in [2.24, 2.45) is 0 Å². The maximum atomic E-state index is 11.8. The molecule has 0 saturated carbocycles. The Bertz CT molecular complexity index is 858. The summed E-state index contributed by atoms with van der Waals surface area (Å²) in [5, 5.41) is 17.7. The number of thioether (sulfide) groups is 1. The second kappa shape index (κ2) is 9.58. The first kappa shape index (κ1) is 20.2. The van der Waals surface area contributed by atoms with Gasteiger partial charge in [0.1, 0.15) is 5.76 Å². The van der Waals surface area contributed by atoms with Gasteiger partial charge in [0.15, 0.2) is 5.82 Å². The molecule has 1 aromatic heterocycles. The van der Waals surface area contributed by atoms with E-state index in [2.05, 4.69) is 15.8 Å². The Morgan fingerprint density at radius 2 is 1.93 bits per heavy atom. The molecule has 9 heteroatoms. The number of amides is 2. The van der Waals surface area contributed by atoms with Crippen LogP contribution in [0.5, 0.6) is 0 Å². The molecule has 1 heterocycles. The van der Waals surface area contributed by atoms with Gasteiger partial charge in [-0.15, -0.1) is 11.8 Å². The lowest BCUT2D eigenvalue weighted by Gasteiger charge is -2.05. The number of anilines is 2. The lowest BCUT2D eigenvalue weighted by molar-refractivity contribution is -0.132. The quantitative estimate of drug-likeness (QED) is 0.468. The highest BCUT2D eigenvalue weighted by Crippen LogP contribution is 2.21. The Balaban J connectivity index is 1.76. The van der Waals surface area contributed by atoms with Crippen molar-refractivity contribution in [3.8, 4) is 0 Å². The molecule has 0 aliphatic heterocycles. The molecular formula is C18H19N3O5S. The topological polar surface area (TPSA) is 122 Å². The molecule has 2 amide bonds. The van der Waals surface area contributed by atoms with Crippen molar-refractivity contribution >= 4 is 41.1 Å². The summed E-state index contributed by atoms with van der Waals surface area (Å²) in [5.74, 6) is -0.195. The lowest BCUT2D eigenvalue weighted by atomic mass is 10.2. The number of carboxylic acids is 1. The number of aliphatic carboxylic acids is 1. The minimum atomic E-state index is -1.14. The summed E-state index contributed by atoms with van der Waals surface area (Å²) in [6, 6.07) is 8.69. The molecule has 8 nitrogen and oxygen atoms in total. The second-order valence-corrected chi connectivity index (χ2v) is 6.78. The highest BCUT2D eigenvalue weighted by atomic mass is 32.2. The van der Waals surface area contributed by atoms with Gasteiger partial charge in [-0.05, 0) is 38.1 Å². The van der Waals surface area contributed by atoms with Crippen LogP contribution in [0, 0.1) is 6.92 Å². The fraction of sp³-hybridized carbons (Fsp3) is 0.222. The Labute approximate surface area is 160 Å². The first-order valence-corrected chi connectivity index (χ1v) is 9.00. The standard InChI is InChI=1S/C18H19N3O5S/c1-11(18(24)25)9-17(23)19-13-3-5-14(6-4-13)27-8-7-16(22)20-15-10-12(2)26-21-15/h3-6,9-10H,7-8H2,1-2H3,(H,19,23)(H,24,25)(H,20,21,22)/b11-9-. The monoisotopic (exact) mass is 389 g/mol. The van der Waals surface area contributed by atoms with Crippen molar-refractivity contribution < 1.29 is 24.0 Å². The Kier molecular flexibility index (Phi) is 7.18. The van der Waals surface area contributed by atoms with Crippen LogP contribution in [0.4, 0.5) is 11.5 Å². The number of hydrogen-bond donors (Lipinski definition) is 3. The predicted molar refractivity (Wildman–Crippen MR) is 102 cm³/mol. The number of nitrogens with zero attached hydrogens (tertiary/aromatic N) is 1. The van der Waals surface area contributed by atoms with E-state index in [1.54, 1.807) is 25.1 Å². The van der Waals surface area contributed by atoms with Crippen LogP contribution >= 0.6 is 11.8 Å². The summed E-state index contributed by atoms with van der Waals surface area (Å²) in [6.07, 6.45) is 1.34. The van der Waals surface area contributed by atoms with E-state index >= 15 is 0 Å². The molecule has 142 valence electrons. The van der Waals surface area contributed by atoms with E-state index in [0.29, 0.717) is 29.4 Å². The lowest BCUT2D eigenvalue weighted by Crippen LogP contribution is -2.12. The van der Waals surface area contributed by atoms with Gasteiger partial charge < -0.3 is 20.3 Å². The molecular weight excluding hydrogens is 370 g/mol. The molecule has 0 saturated heterocycles. The van der Waals surface area contributed by atoms with Crippen molar-refractivity contribution in [2.45, 2.75) is 25.2 Å². The molecule has 27 heavy (non-hydrogen) atoms. The van der Waals surface area contributed by atoms with Crippen LogP contribution in [0.3, 0.4) is 0 Å². The summed E-state index contributed by atoms with van der Waals surface area (Å²) in [4.78, 5) is 35.2. The largest absolute Gasteiger partial charge is 0.478 e. The van der Waals surface area contributed by atoms with Crippen molar-refractivity contribution in [1.29, 1.82) is 0 Å². The predicted octanol–water partition coefficient (Wildman–Crippen LogP) is 3.07. The van der Waals surface area contributed by atoms with Crippen LogP contribution < -0.4 is 10.6 Å². The normalized spacial score (nSPS) is 11.1. The minimum Gasteiger partial charge on any atom is -0.478 e. The number of hydrogen-bond acceptors (Lipinski definition) is 6. The van der Waals surface area contributed by atoms with Gasteiger partial charge in [-0.25, -0.2) is 4.79 Å². The first-order valence-electron chi connectivity index (χ1n) is 8.02. The van der Waals surface area contributed by atoms with E-state index < -0.39 is 11.9 Å². The third kappa shape index (κ3) is 6.98. The fourth-order valence-corrected chi connectivity index (χ4v) is 2.82. The average Bonchev–Trinajstić information content (AvgIpc) is 3.01. The van der Waals surface area contributed by atoms with E-state index in [9.17, 15) is 14.4 Å². The molecule has 0 unspecified atom stereocenters. The van der Waals surface area contributed by atoms with Gasteiger partial charge in [0, 0.05) is 40.5 Å². The zero-order valence-corrected chi connectivity index (χ0v) is 15.6. The van der Waals surface area contributed by atoms with Gasteiger partial charge in [-0.1, -0.05) is 5.16 Å². The van der Waals surface area contributed by atoms with Gasteiger partial charge in [0.05, 0.1) is 0 Å². The summed E-state index contributed by atoms with van der Waals surface area (Å²) >= 11 is 1.50. The molecule has 0 spiro atoms. The second-order valence-electron chi connectivity index (χ2n) is 5.62. The smallest absolute Gasteiger partial charge is 0.331 e. The number of rotatable bonds is 8. The van der Waals surface area contributed by atoms with Crippen LogP contribution in [0.1, 0.15) is 19.1 Å². The zero-order valence-electron chi connectivity index (χ0n) is 14.8. The molecule has 1 aromatic carbocycles. The van der Waals surface area contributed by atoms with Crippen molar-refractivity contribution in [2.75, 3.05) is 16.4 Å². The Hall–Kier alpha value is -3.07. The highest BCUT2D eigenvalue weighted by molar-refractivity contribution is 7.99. The number of carboxylic acid groups (broad SMARTS) is 1.